The van der Waals surface area contributed by atoms with Crippen LogP contribution in [-0.4, -0.2) is 70.8 Å². The molecule has 2 saturated heterocycles. The monoisotopic (exact) mass is 404 g/mol. The van der Waals surface area contributed by atoms with E-state index in [1.165, 1.54) is 0 Å². The van der Waals surface area contributed by atoms with Crippen molar-refractivity contribution in [3.63, 3.8) is 0 Å². The minimum atomic E-state index is -0.385. The lowest BCUT2D eigenvalue weighted by Crippen LogP contribution is -2.54. The van der Waals surface area contributed by atoms with Crippen molar-refractivity contribution in [2.24, 2.45) is 11.1 Å². The molecule has 1 aromatic rings. The summed E-state index contributed by atoms with van der Waals surface area (Å²) in [5.74, 6) is 1.25. The Labute approximate surface area is 172 Å². The highest BCUT2D eigenvalue weighted by Crippen LogP contribution is 2.40. The maximum absolute atomic E-state index is 12.6. The standard InChI is InChI=1S/C21H32N4O2S/c1-28-15-7-18(22)20(27)24-13-9-21(10-14-24)8-5-19(26)25(16-21)12-6-17-4-2-3-11-23-17/h2-4,11,18H,5-10,12-16,22H2,1H3/t18-/m0/s1. The molecule has 7 heteroatoms. The number of rotatable bonds is 7. The molecule has 1 aromatic heterocycles. The van der Waals surface area contributed by atoms with Crippen LogP contribution in [0.1, 0.15) is 37.8 Å². The van der Waals surface area contributed by atoms with Gasteiger partial charge >= 0.3 is 0 Å². The molecule has 0 aromatic carbocycles. The van der Waals surface area contributed by atoms with Crippen LogP contribution in [-0.2, 0) is 16.0 Å². The summed E-state index contributed by atoms with van der Waals surface area (Å²) in [5.41, 5.74) is 7.25. The van der Waals surface area contributed by atoms with Crippen molar-refractivity contribution in [1.82, 2.24) is 14.8 Å². The van der Waals surface area contributed by atoms with Gasteiger partial charge < -0.3 is 15.5 Å². The third-order valence-electron chi connectivity index (χ3n) is 6.20. The van der Waals surface area contributed by atoms with E-state index in [1.807, 2.05) is 34.3 Å². The van der Waals surface area contributed by atoms with Crippen molar-refractivity contribution in [3.05, 3.63) is 30.1 Å². The molecule has 0 radical (unpaired) electrons. The molecule has 2 fully saturated rings. The van der Waals surface area contributed by atoms with Crippen LogP contribution >= 0.6 is 11.8 Å². The predicted octanol–water partition coefficient (Wildman–Crippen LogP) is 1.94. The molecule has 3 heterocycles. The molecule has 0 aliphatic carbocycles. The number of nitrogens with two attached hydrogens (primary N) is 1. The van der Waals surface area contributed by atoms with Gasteiger partial charge in [0.1, 0.15) is 0 Å². The van der Waals surface area contributed by atoms with Crippen LogP contribution in [0.15, 0.2) is 24.4 Å². The molecular formula is C21H32N4O2S. The SMILES string of the molecule is CSCC[C@H](N)C(=O)N1CCC2(CCC(=O)N(CCc3ccccn3)C2)CC1. The molecule has 3 rings (SSSR count). The number of pyridine rings is 1. The first-order valence-electron chi connectivity index (χ1n) is 10.2. The summed E-state index contributed by atoms with van der Waals surface area (Å²) in [7, 11) is 0. The smallest absolute Gasteiger partial charge is 0.239 e. The fourth-order valence-electron chi connectivity index (χ4n) is 4.31. The van der Waals surface area contributed by atoms with E-state index in [1.54, 1.807) is 18.0 Å². The van der Waals surface area contributed by atoms with Crippen molar-refractivity contribution in [2.75, 3.05) is 38.2 Å². The van der Waals surface area contributed by atoms with Crippen LogP contribution in [0.4, 0.5) is 0 Å². The van der Waals surface area contributed by atoms with E-state index < -0.39 is 0 Å². The van der Waals surface area contributed by atoms with Crippen molar-refractivity contribution in [1.29, 1.82) is 0 Å². The Balaban J connectivity index is 1.52. The van der Waals surface area contributed by atoms with Gasteiger partial charge in [-0.25, -0.2) is 0 Å². The molecule has 0 saturated carbocycles. The number of hydrogen-bond acceptors (Lipinski definition) is 5. The number of aromatic nitrogens is 1. The van der Waals surface area contributed by atoms with E-state index in [2.05, 4.69) is 4.98 Å². The topological polar surface area (TPSA) is 79.5 Å². The molecule has 28 heavy (non-hydrogen) atoms. The number of thioether (sulfide) groups is 1. The Morgan fingerprint density at radius 3 is 2.79 bits per heavy atom. The highest BCUT2D eigenvalue weighted by Gasteiger charge is 2.41. The molecule has 0 unspecified atom stereocenters. The fourth-order valence-corrected chi connectivity index (χ4v) is 4.80. The third kappa shape index (κ3) is 5.26. The Kier molecular flexibility index (Phi) is 7.35. The van der Waals surface area contributed by atoms with Crippen molar-refractivity contribution in [2.45, 2.75) is 44.6 Å². The lowest BCUT2D eigenvalue weighted by atomic mass is 9.72. The van der Waals surface area contributed by atoms with Crippen molar-refractivity contribution >= 4 is 23.6 Å². The molecule has 1 atom stereocenters. The van der Waals surface area contributed by atoms with Gasteiger partial charge in [0.15, 0.2) is 0 Å². The molecule has 2 N–H and O–H groups in total. The second kappa shape index (κ2) is 9.74. The second-order valence-corrected chi connectivity index (χ2v) is 9.09. The highest BCUT2D eigenvalue weighted by molar-refractivity contribution is 7.98. The molecule has 154 valence electrons. The van der Waals surface area contributed by atoms with Crippen molar-refractivity contribution < 1.29 is 9.59 Å². The zero-order valence-corrected chi connectivity index (χ0v) is 17.6. The summed E-state index contributed by atoms with van der Waals surface area (Å²) in [4.78, 5) is 33.3. The zero-order valence-electron chi connectivity index (χ0n) is 16.8. The number of nitrogens with zero attached hydrogens (tertiary/aromatic N) is 3. The Morgan fingerprint density at radius 1 is 1.32 bits per heavy atom. The second-order valence-electron chi connectivity index (χ2n) is 8.10. The van der Waals surface area contributed by atoms with E-state index >= 15 is 0 Å². The quantitative estimate of drug-likeness (QED) is 0.751. The van der Waals surface area contributed by atoms with Gasteiger partial charge in [0.2, 0.25) is 11.8 Å². The summed E-state index contributed by atoms with van der Waals surface area (Å²) in [6, 6.07) is 5.52. The van der Waals surface area contributed by atoms with Crippen LogP contribution in [0.2, 0.25) is 0 Å². The van der Waals surface area contributed by atoms with E-state index in [9.17, 15) is 9.59 Å². The number of likely N-dealkylation sites (tertiary alicyclic amines) is 2. The molecule has 6 nitrogen and oxygen atoms in total. The van der Waals surface area contributed by atoms with E-state index in [-0.39, 0.29) is 23.3 Å². The Hall–Kier alpha value is -1.60. The summed E-state index contributed by atoms with van der Waals surface area (Å²) in [6.45, 7) is 3.04. The highest BCUT2D eigenvalue weighted by atomic mass is 32.2. The van der Waals surface area contributed by atoms with Crippen LogP contribution in [0.5, 0.6) is 0 Å². The number of carbonyl (C=O) groups is 2. The Bertz CT molecular complexity index is 662. The Morgan fingerprint density at radius 2 is 2.11 bits per heavy atom. The fraction of sp³-hybridized carbons (Fsp3) is 0.667. The predicted molar refractivity (Wildman–Crippen MR) is 113 cm³/mol. The average Bonchev–Trinajstić information content (AvgIpc) is 2.73. The first-order chi connectivity index (χ1) is 13.5. The van der Waals surface area contributed by atoms with Crippen LogP contribution < -0.4 is 5.73 Å². The summed E-state index contributed by atoms with van der Waals surface area (Å²) < 4.78 is 0. The van der Waals surface area contributed by atoms with E-state index in [0.29, 0.717) is 6.42 Å². The first-order valence-corrected chi connectivity index (χ1v) is 11.6. The molecule has 0 bridgehead atoms. The van der Waals surface area contributed by atoms with Gasteiger partial charge in [-0.3, -0.25) is 14.6 Å². The lowest BCUT2D eigenvalue weighted by Gasteiger charge is -2.47. The van der Waals surface area contributed by atoms with Gasteiger partial charge in [0, 0.05) is 50.9 Å². The van der Waals surface area contributed by atoms with Gasteiger partial charge in [-0.1, -0.05) is 6.07 Å². The minimum absolute atomic E-state index is 0.0859. The summed E-state index contributed by atoms with van der Waals surface area (Å²) in [5, 5.41) is 0. The van der Waals surface area contributed by atoms with Crippen molar-refractivity contribution in [3.8, 4) is 0 Å². The minimum Gasteiger partial charge on any atom is -0.342 e. The van der Waals surface area contributed by atoms with Gasteiger partial charge in [-0.2, -0.15) is 11.8 Å². The lowest BCUT2D eigenvalue weighted by molar-refractivity contribution is -0.143. The average molecular weight is 405 g/mol. The molecule has 2 aliphatic heterocycles. The zero-order chi connectivity index (χ0) is 20.0. The van der Waals surface area contributed by atoms with Gasteiger partial charge in [0.25, 0.3) is 0 Å². The van der Waals surface area contributed by atoms with Gasteiger partial charge in [-0.05, 0) is 55.2 Å². The number of hydrogen-bond donors (Lipinski definition) is 1. The van der Waals surface area contributed by atoms with Crippen LogP contribution in [0, 0.1) is 5.41 Å². The molecule has 2 aliphatic rings. The van der Waals surface area contributed by atoms with Crippen LogP contribution in [0.3, 0.4) is 0 Å². The maximum Gasteiger partial charge on any atom is 0.239 e. The molecule has 2 amide bonds. The van der Waals surface area contributed by atoms with E-state index in [0.717, 1.165) is 69.7 Å². The largest absolute Gasteiger partial charge is 0.342 e. The molecular weight excluding hydrogens is 372 g/mol. The maximum atomic E-state index is 12.6. The summed E-state index contributed by atoms with van der Waals surface area (Å²) in [6.07, 6.45) is 8.82. The van der Waals surface area contributed by atoms with Gasteiger partial charge in [-0.15, -0.1) is 0 Å². The number of amides is 2. The van der Waals surface area contributed by atoms with Crippen LogP contribution in [0.25, 0.3) is 0 Å². The number of carbonyl (C=O) groups excluding carboxylic acids is 2. The normalized spacial score (nSPS) is 20.4. The third-order valence-corrected chi connectivity index (χ3v) is 6.84. The van der Waals surface area contributed by atoms with Gasteiger partial charge in [0.05, 0.1) is 6.04 Å². The summed E-state index contributed by atoms with van der Waals surface area (Å²) >= 11 is 1.72. The first kappa shape index (κ1) is 21.1. The molecule has 1 spiro atoms. The van der Waals surface area contributed by atoms with E-state index in [4.69, 9.17) is 5.73 Å². The number of piperidine rings is 2.